The molecule has 0 saturated carbocycles. The van der Waals surface area contributed by atoms with Crippen molar-refractivity contribution in [3.63, 3.8) is 0 Å². The summed E-state index contributed by atoms with van der Waals surface area (Å²) in [5, 5.41) is 0.746. The minimum Gasteiger partial charge on any atom is -0.352 e. The zero-order valence-electron chi connectivity index (χ0n) is 13.5. The van der Waals surface area contributed by atoms with Crippen molar-refractivity contribution in [2.45, 2.75) is 13.2 Å². The van der Waals surface area contributed by atoms with Crippen molar-refractivity contribution in [2.75, 3.05) is 18.1 Å². The number of hydrogen-bond acceptors (Lipinski definition) is 2. The predicted octanol–water partition coefficient (Wildman–Crippen LogP) is 4.97. The Kier molecular flexibility index (Phi) is 4.05. The molecule has 0 aliphatic carbocycles. The highest BCUT2D eigenvalue weighted by molar-refractivity contribution is 6.30. The van der Waals surface area contributed by atoms with E-state index in [0.29, 0.717) is 0 Å². The van der Waals surface area contributed by atoms with Crippen molar-refractivity contribution in [3.05, 3.63) is 83.1 Å². The molecule has 0 spiro atoms. The second-order valence-corrected chi connectivity index (χ2v) is 6.52. The molecule has 0 radical (unpaired) electrons. The fourth-order valence-electron chi connectivity index (χ4n) is 3.08. The third kappa shape index (κ3) is 2.93. The van der Waals surface area contributed by atoms with Gasteiger partial charge in [-0.25, -0.2) is 0 Å². The van der Waals surface area contributed by atoms with Crippen molar-refractivity contribution >= 4 is 17.3 Å². The number of aryl methyl sites for hydroxylation is 1. The molecule has 1 aromatic heterocycles. The van der Waals surface area contributed by atoms with E-state index in [2.05, 4.69) is 59.1 Å². The second kappa shape index (κ2) is 6.34. The van der Waals surface area contributed by atoms with E-state index < -0.39 is 0 Å². The van der Waals surface area contributed by atoms with Gasteiger partial charge in [0.05, 0.1) is 6.61 Å². The fourth-order valence-corrected chi connectivity index (χ4v) is 3.21. The molecule has 1 aliphatic heterocycles. The molecule has 24 heavy (non-hydrogen) atoms. The Morgan fingerprint density at radius 1 is 0.958 bits per heavy atom. The highest BCUT2D eigenvalue weighted by Crippen LogP contribution is 2.32. The van der Waals surface area contributed by atoms with Crippen LogP contribution in [0.25, 0.3) is 5.69 Å². The van der Waals surface area contributed by atoms with Crippen molar-refractivity contribution < 1.29 is 4.74 Å². The van der Waals surface area contributed by atoms with Crippen LogP contribution in [-0.4, -0.2) is 17.7 Å². The van der Waals surface area contributed by atoms with Gasteiger partial charge in [-0.3, -0.25) is 0 Å². The fraction of sp³-hybridized carbons (Fsp3) is 0.200. The molecule has 4 heteroatoms. The van der Waals surface area contributed by atoms with Crippen LogP contribution in [0.2, 0.25) is 5.02 Å². The molecule has 2 heterocycles. The average Bonchev–Trinajstić information content (AvgIpc) is 3.25. The van der Waals surface area contributed by atoms with Crippen molar-refractivity contribution in [3.8, 4) is 5.69 Å². The zero-order valence-corrected chi connectivity index (χ0v) is 14.3. The highest BCUT2D eigenvalue weighted by Gasteiger charge is 2.27. The lowest BCUT2D eigenvalue weighted by Crippen LogP contribution is -2.22. The summed E-state index contributed by atoms with van der Waals surface area (Å²) in [6, 6.07) is 18.6. The van der Waals surface area contributed by atoms with Crippen LogP contribution in [0.15, 0.2) is 67.0 Å². The molecule has 1 fully saturated rings. The number of anilines is 1. The van der Waals surface area contributed by atoms with Gasteiger partial charge in [0.15, 0.2) is 6.23 Å². The first-order valence-electron chi connectivity index (χ1n) is 8.09. The first-order valence-corrected chi connectivity index (χ1v) is 8.47. The third-order valence-corrected chi connectivity index (χ3v) is 4.63. The molecule has 4 rings (SSSR count). The Labute approximate surface area is 147 Å². The van der Waals surface area contributed by atoms with E-state index in [9.17, 15) is 0 Å². The van der Waals surface area contributed by atoms with Gasteiger partial charge in [0.1, 0.15) is 0 Å². The first-order chi connectivity index (χ1) is 11.7. The first kappa shape index (κ1) is 15.3. The molecular formula is C20H19ClN2O. The van der Waals surface area contributed by atoms with Gasteiger partial charge in [-0.05, 0) is 49.4 Å². The standard InChI is InChI=1S/C20H19ClN2O/c1-15-2-6-19(7-3-15)23-12-13-24-20(23)16-10-11-22(14-16)18-8-4-17(21)5-9-18/h2-11,14,20H,12-13H2,1H3/t20-/m1/s1. The van der Waals surface area contributed by atoms with Gasteiger partial charge in [-0.2, -0.15) is 0 Å². The van der Waals surface area contributed by atoms with Crippen LogP contribution >= 0.6 is 11.6 Å². The number of halogens is 1. The Hall–Kier alpha value is -2.23. The lowest BCUT2D eigenvalue weighted by atomic mass is 10.2. The lowest BCUT2D eigenvalue weighted by molar-refractivity contribution is 0.114. The Balaban J connectivity index is 1.61. The van der Waals surface area contributed by atoms with E-state index in [-0.39, 0.29) is 6.23 Å². The van der Waals surface area contributed by atoms with E-state index in [1.165, 1.54) is 11.3 Å². The summed E-state index contributed by atoms with van der Waals surface area (Å²) in [4.78, 5) is 2.31. The van der Waals surface area contributed by atoms with Gasteiger partial charge >= 0.3 is 0 Å². The maximum Gasteiger partial charge on any atom is 0.158 e. The number of hydrogen-bond donors (Lipinski definition) is 0. The Bertz CT molecular complexity index is 824. The maximum absolute atomic E-state index is 6.00. The molecule has 122 valence electrons. The molecule has 1 aliphatic rings. The zero-order chi connectivity index (χ0) is 16.5. The molecule has 2 aromatic carbocycles. The molecule has 3 aromatic rings. The maximum atomic E-state index is 6.00. The summed E-state index contributed by atoms with van der Waals surface area (Å²) in [5.41, 5.74) is 4.71. The molecule has 0 bridgehead atoms. The minimum absolute atomic E-state index is 0.0405. The summed E-state index contributed by atoms with van der Waals surface area (Å²) in [6.07, 6.45) is 4.15. The van der Waals surface area contributed by atoms with Crippen molar-refractivity contribution in [1.29, 1.82) is 0 Å². The summed E-state index contributed by atoms with van der Waals surface area (Å²) in [6.45, 7) is 3.75. The van der Waals surface area contributed by atoms with Gasteiger partial charge < -0.3 is 14.2 Å². The predicted molar refractivity (Wildman–Crippen MR) is 98.0 cm³/mol. The SMILES string of the molecule is Cc1ccc(N2CCO[C@@H]2c2ccn(-c3ccc(Cl)cc3)c2)cc1. The number of benzene rings is 2. The number of aromatic nitrogens is 1. The Morgan fingerprint density at radius 3 is 2.42 bits per heavy atom. The molecule has 0 N–H and O–H groups in total. The molecule has 0 amide bonds. The van der Waals surface area contributed by atoms with E-state index in [1.807, 2.05) is 24.3 Å². The lowest BCUT2D eigenvalue weighted by Gasteiger charge is -2.24. The van der Waals surface area contributed by atoms with Crippen molar-refractivity contribution in [2.24, 2.45) is 0 Å². The van der Waals surface area contributed by atoms with Crippen LogP contribution in [0.3, 0.4) is 0 Å². The quantitative estimate of drug-likeness (QED) is 0.670. The van der Waals surface area contributed by atoms with Crippen LogP contribution in [0, 0.1) is 6.92 Å². The summed E-state index contributed by atoms with van der Waals surface area (Å²) >= 11 is 5.97. The highest BCUT2D eigenvalue weighted by atomic mass is 35.5. The topological polar surface area (TPSA) is 17.4 Å². The summed E-state index contributed by atoms with van der Waals surface area (Å²) < 4.78 is 8.09. The van der Waals surface area contributed by atoms with E-state index in [0.717, 1.165) is 29.4 Å². The van der Waals surface area contributed by atoms with Crippen LogP contribution in [0.5, 0.6) is 0 Å². The van der Waals surface area contributed by atoms with Gasteiger partial charge in [-0.15, -0.1) is 0 Å². The molecule has 0 unspecified atom stereocenters. The van der Waals surface area contributed by atoms with Gasteiger partial charge in [0.2, 0.25) is 0 Å². The average molecular weight is 339 g/mol. The van der Waals surface area contributed by atoms with Crippen LogP contribution in [-0.2, 0) is 4.74 Å². The largest absolute Gasteiger partial charge is 0.352 e. The van der Waals surface area contributed by atoms with E-state index in [1.54, 1.807) is 0 Å². The van der Waals surface area contributed by atoms with Crippen LogP contribution < -0.4 is 4.90 Å². The van der Waals surface area contributed by atoms with Crippen LogP contribution in [0.4, 0.5) is 5.69 Å². The number of rotatable bonds is 3. The van der Waals surface area contributed by atoms with Crippen molar-refractivity contribution in [1.82, 2.24) is 4.57 Å². The van der Waals surface area contributed by atoms with E-state index >= 15 is 0 Å². The van der Waals surface area contributed by atoms with E-state index in [4.69, 9.17) is 16.3 Å². The Morgan fingerprint density at radius 2 is 1.67 bits per heavy atom. The minimum atomic E-state index is -0.0405. The molecule has 1 saturated heterocycles. The monoisotopic (exact) mass is 338 g/mol. The summed E-state index contributed by atoms with van der Waals surface area (Å²) in [7, 11) is 0. The van der Waals surface area contributed by atoms with Gasteiger partial charge in [-0.1, -0.05) is 29.3 Å². The van der Waals surface area contributed by atoms with Gasteiger partial charge in [0, 0.05) is 40.9 Å². The molecule has 1 atom stereocenters. The molecule has 3 nitrogen and oxygen atoms in total. The third-order valence-electron chi connectivity index (χ3n) is 4.38. The van der Waals surface area contributed by atoms with Gasteiger partial charge in [0.25, 0.3) is 0 Å². The summed E-state index contributed by atoms with van der Waals surface area (Å²) in [5.74, 6) is 0. The number of ether oxygens (including phenoxy) is 1. The molecular weight excluding hydrogens is 320 g/mol. The normalized spacial score (nSPS) is 17.4. The smallest absolute Gasteiger partial charge is 0.158 e. The second-order valence-electron chi connectivity index (χ2n) is 6.08. The van der Waals surface area contributed by atoms with Crippen LogP contribution in [0.1, 0.15) is 17.4 Å². The number of nitrogens with zero attached hydrogens (tertiary/aromatic N) is 2.